The number of nitrogens with one attached hydrogen (secondary N) is 1. The van der Waals surface area contributed by atoms with E-state index < -0.39 is 0 Å². The molecule has 198 valence electrons. The summed E-state index contributed by atoms with van der Waals surface area (Å²) in [6.45, 7) is 11.7. The molecule has 1 aliphatic rings. The lowest BCUT2D eigenvalue weighted by molar-refractivity contribution is 0.322. The van der Waals surface area contributed by atoms with Crippen LogP contribution in [0.5, 0.6) is 5.75 Å². The second-order valence-corrected chi connectivity index (χ2v) is 11.5. The quantitative estimate of drug-likeness (QED) is 0.256. The predicted octanol–water partition coefficient (Wildman–Crippen LogP) is 7.45. The maximum absolute atomic E-state index is 6.10. The number of ether oxygens (including phenoxy) is 1. The highest BCUT2D eigenvalue weighted by atomic mass is 16.5. The molecule has 0 radical (unpaired) electrons. The second kappa shape index (κ2) is 11.6. The minimum Gasteiger partial charge on any atom is -0.493 e. The Bertz CT molecular complexity index is 1360. The third-order valence-electron chi connectivity index (χ3n) is 7.49. The van der Waals surface area contributed by atoms with Crippen molar-refractivity contribution in [2.45, 2.75) is 71.8 Å². The Hall–Kier alpha value is -3.37. The summed E-state index contributed by atoms with van der Waals surface area (Å²) in [6.07, 6.45) is 7.46. The minimum atomic E-state index is 0.160. The Morgan fingerprint density at radius 2 is 1.79 bits per heavy atom. The fourth-order valence-corrected chi connectivity index (χ4v) is 5.11. The van der Waals surface area contributed by atoms with Gasteiger partial charge in [0.15, 0.2) is 0 Å². The monoisotopic (exact) mass is 507 g/mol. The van der Waals surface area contributed by atoms with Crippen LogP contribution in [0.25, 0.3) is 16.9 Å². The predicted molar refractivity (Wildman–Crippen MR) is 157 cm³/mol. The number of imidazole rings is 1. The number of hydrogen-bond acceptors (Lipinski definition) is 3. The number of fused-ring (bicyclic) bond motifs is 1. The zero-order valence-electron chi connectivity index (χ0n) is 23.4. The van der Waals surface area contributed by atoms with Crippen LogP contribution in [-0.2, 0) is 31.2 Å². The van der Waals surface area contributed by atoms with Crippen molar-refractivity contribution in [2.75, 3.05) is 13.2 Å². The van der Waals surface area contributed by atoms with Crippen LogP contribution in [0.2, 0.25) is 0 Å². The maximum Gasteiger partial charge on any atom is 0.119 e. The molecule has 0 unspecified atom stereocenters. The standard InChI is InChI=1S/C34H41N3O/c1-5-6-10-33-36-32(24-37(33)30-14-11-26-17-19-35-23-28(26)22-30)27-12-15-31(16-13-27)38-20-18-25-8-7-9-29(21-25)34(2,3)4/h7-9,11-16,21-22,24,35H,5-6,10,17-20,23H2,1-4H3. The SMILES string of the molecule is CCCCc1nc(-c2ccc(OCCc3cccc(C(C)(C)C)c3)cc2)cn1-c1ccc2c(c1)CNCC2. The maximum atomic E-state index is 6.10. The van der Waals surface area contributed by atoms with Crippen LogP contribution in [0, 0.1) is 0 Å². The van der Waals surface area contributed by atoms with Gasteiger partial charge in [0.1, 0.15) is 11.6 Å². The number of nitrogens with zero attached hydrogens (tertiary/aromatic N) is 2. The van der Waals surface area contributed by atoms with Gasteiger partial charge in [0, 0.05) is 36.8 Å². The molecule has 38 heavy (non-hydrogen) atoms. The molecule has 0 fully saturated rings. The number of hydrogen-bond donors (Lipinski definition) is 1. The number of rotatable bonds is 9. The summed E-state index contributed by atoms with van der Waals surface area (Å²) in [4.78, 5) is 5.07. The van der Waals surface area contributed by atoms with Gasteiger partial charge in [0.05, 0.1) is 12.3 Å². The average Bonchev–Trinajstić information content (AvgIpc) is 3.36. The molecule has 1 aromatic heterocycles. The van der Waals surface area contributed by atoms with Gasteiger partial charge in [-0.25, -0.2) is 4.98 Å². The van der Waals surface area contributed by atoms with Gasteiger partial charge in [0.2, 0.25) is 0 Å². The van der Waals surface area contributed by atoms with Crippen LogP contribution in [0.1, 0.15) is 68.6 Å². The first-order chi connectivity index (χ1) is 18.4. The summed E-state index contributed by atoms with van der Waals surface area (Å²) >= 11 is 0. The topological polar surface area (TPSA) is 39.1 Å². The van der Waals surface area contributed by atoms with Gasteiger partial charge in [-0.15, -0.1) is 0 Å². The van der Waals surface area contributed by atoms with Gasteiger partial charge in [-0.05, 0) is 83.5 Å². The normalized spacial score (nSPS) is 13.4. The zero-order valence-corrected chi connectivity index (χ0v) is 23.4. The first kappa shape index (κ1) is 26.2. The minimum absolute atomic E-state index is 0.160. The summed E-state index contributed by atoms with van der Waals surface area (Å²) in [5.74, 6) is 2.02. The molecular formula is C34H41N3O. The van der Waals surface area contributed by atoms with Crippen LogP contribution in [0.15, 0.2) is 72.9 Å². The zero-order chi connectivity index (χ0) is 26.5. The van der Waals surface area contributed by atoms with Crippen molar-refractivity contribution in [1.29, 1.82) is 0 Å². The number of benzene rings is 3. The Balaban J connectivity index is 1.29. The van der Waals surface area contributed by atoms with E-state index in [0.29, 0.717) is 6.61 Å². The van der Waals surface area contributed by atoms with Gasteiger partial charge in [-0.1, -0.05) is 64.4 Å². The van der Waals surface area contributed by atoms with Gasteiger partial charge in [0.25, 0.3) is 0 Å². The van der Waals surface area contributed by atoms with Crippen molar-refractivity contribution >= 4 is 0 Å². The Kier molecular flexibility index (Phi) is 7.99. The molecule has 0 atom stereocenters. The van der Waals surface area contributed by atoms with Gasteiger partial charge >= 0.3 is 0 Å². The fraction of sp³-hybridized carbons (Fsp3) is 0.382. The molecular weight excluding hydrogens is 466 g/mol. The smallest absolute Gasteiger partial charge is 0.119 e. The highest BCUT2D eigenvalue weighted by molar-refractivity contribution is 5.61. The molecule has 0 saturated heterocycles. The third kappa shape index (κ3) is 6.19. The molecule has 1 N–H and O–H groups in total. The van der Waals surface area contributed by atoms with Crippen molar-refractivity contribution in [3.05, 3.63) is 101 Å². The molecule has 4 heteroatoms. The molecule has 4 aromatic rings. The number of unbranched alkanes of at least 4 members (excludes halogenated alkanes) is 1. The average molecular weight is 508 g/mol. The van der Waals surface area contributed by atoms with Crippen molar-refractivity contribution in [2.24, 2.45) is 0 Å². The van der Waals surface area contributed by atoms with E-state index in [1.165, 1.54) is 27.9 Å². The van der Waals surface area contributed by atoms with E-state index in [9.17, 15) is 0 Å². The highest BCUT2D eigenvalue weighted by Gasteiger charge is 2.15. The molecule has 0 spiro atoms. The van der Waals surface area contributed by atoms with E-state index in [0.717, 1.165) is 68.0 Å². The summed E-state index contributed by atoms with van der Waals surface area (Å²) in [6, 6.07) is 24.1. The summed E-state index contributed by atoms with van der Waals surface area (Å²) in [5, 5.41) is 3.50. The van der Waals surface area contributed by atoms with E-state index in [4.69, 9.17) is 9.72 Å². The Labute approximate surface area is 228 Å². The molecule has 5 rings (SSSR count). The summed E-state index contributed by atoms with van der Waals surface area (Å²) in [5.41, 5.74) is 9.03. The van der Waals surface area contributed by atoms with Crippen LogP contribution in [-0.4, -0.2) is 22.7 Å². The first-order valence-corrected chi connectivity index (χ1v) is 14.1. The van der Waals surface area contributed by atoms with Gasteiger partial charge < -0.3 is 14.6 Å². The molecule has 0 aliphatic carbocycles. The molecule has 3 aromatic carbocycles. The van der Waals surface area contributed by atoms with Crippen molar-refractivity contribution in [3.8, 4) is 22.7 Å². The van der Waals surface area contributed by atoms with Crippen LogP contribution >= 0.6 is 0 Å². The van der Waals surface area contributed by atoms with Gasteiger partial charge in [-0.3, -0.25) is 0 Å². The Morgan fingerprint density at radius 1 is 0.947 bits per heavy atom. The second-order valence-electron chi connectivity index (χ2n) is 11.5. The van der Waals surface area contributed by atoms with Crippen molar-refractivity contribution < 1.29 is 4.74 Å². The first-order valence-electron chi connectivity index (χ1n) is 14.1. The number of aryl methyl sites for hydroxylation is 1. The van der Waals surface area contributed by atoms with E-state index >= 15 is 0 Å². The van der Waals surface area contributed by atoms with Crippen molar-refractivity contribution in [3.63, 3.8) is 0 Å². The van der Waals surface area contributed by atoms with E-state index in [2.05, 4.69) is 111 Å². The summed E-state index contributed by atoms with van der Waals surface area (Å²) < 4.78 is 8.39. The van der Waals surface area contributed by atoms with E-state index in [1.807, 2.05) is 0 Å². The highest BCUT2D eigenvalue weighted by Crippen LogP contribution is 2.27. The van der Waals surface area contributed by atoms with Crippen LogP contribution < -0.4 is 10.1 Å². The lowest BCUT2D eigenvalue weighted by atomic mass is 9.86. The van der Waals surface area contributed by atoms with Crippen LogP contribution in [0.3, 0.4) is 0 Å². The van der Waals surface area contributed by atoms with Crippen molar-refractivity contribution in [1.82, 2.24) is 14.9 Å². The molecule has 4 nitrogen and oxygen atoms in total. The van der Waals surface area contributed by atoms with E-state index in [1.54, 1.807) is 0 Å². The van der Waals surface area contributed by atoms with Crippen LogP contribution in [0.4, 0.5) is 0 Å². The molecule has 0 bridgehead atoms. The lowest BCUT2D eigenvalue weighted by Gasteiger charge is -2.19. The lowest BCUT2D eigenvalue weighted by Crippen LogP contribution is -2.23. The summed E-state index contributed by atoms with van der Waals surface area (Å²) in [7, 11) is 0. The number of aromatic nitrogens is 2. The third-order valence-corrected chi connectivity index (χ3v) is 7.49. The molecule has 0 amide bonds. The Morgan fingerprint density at radius 3 is 2.58 bits per heavy atom. The molecule has 1 aliphatic heterocycles. The van der Waals surface area contributed by atoms with Gasteiger partial charge in [-0.2, -0.15) is 0 Å². The fourth-order valence-electron chi connectivity index (χ4n) is 5.11. The molecule has 0 saturated carbocycles. The molecule has 2 heterocycles. The largest absolute Gasteiger partial charge is 0.493 e. The van der Waals surface area contributed by atoms with E-state index in [-0.39, 0.29) is 5.41 Å².